The van der Waals surface area contributed by atoms with Crippen LogP contribution in [-0.4, -0.2) is 48.6 Å². The second-order valence-electron chi connectivity index (χ2n) is 8.17. The Morgan fingerprint density at radius 2 is 1.83 bits per heavy atom. The molecule has 5 nitrogen and oxygen atoms in total. The van der Waals surface area contributed by atoms with E-state index in [0.29, 0.717) is 45.5 Å². The van der Waals surface area contributed by atoms with Gasteiger partial charge < -0.3 is 15.0 Å². The summed E-state index contributed by atoms with van der Waals surface area (Å²) >= 11 is 0. The first kappa shape index (κ1) is 19.6. The van der Waals surface area contributed by atoms with Crippen LogP contribution in [0, 0.1) is 6.92 Å². The van der Waals surface area contributed by atoms with Gasteiger partial charge in [0.15, 0.2) is 0 Å². The number of hydrogen-bond acceptors (Lipinski definition) is 3. The predicted molar refractivity (Wildman–Crippen MR) is 112 cm³/mol. The van der Waals surface area contributed by atoms with E-state index in [1.807, 2.05) is 29.2 Å². The van der Waals surface area contributed by atoms with Crippen LogP contribution in [0.4, 0.5) is 0 Å². The molecule has 2 aliphatic heterocycles. The average molecular weight is 392 g/mol. The topological polar surface area (TPSA) is 58.6 Å². The quantitative estimate of drug-likeness (QED) is 0.873. The summed E-state index contributed by atoms with van der Waals surface area (Å²) in [5.41, 5.74) is 3.83. The number of nitrogens with zero attached hydrogens (tertiary/aromatic N) is 1. The summed E-state index contributed by atoms with van der Waals surface area (Å²) in [7, 11) is 0. The van der Waals surface area contributed by atoms with Gasteiger partial charge in [0.2, 0.25) is 5.91 Å². The molecular weight excluding hydrogens is 364 g/mol. The van der Waals surface area contributed by atoms with E-state index in [-0.39, 0.29) is 11.8 Å². The number of ether oxygens (including phenoxy) is 1. The summed E-state index contributed by atoms with van der Waals surface area (Å²) in [5, 5.41) is 2.87. The zero-order valence-corrected chi connectivity index (χ0v) is 16.9. The summed E-state index contributed by atoms with van der Waals surface area (Å²) in [5.74, 6) is 0.117. The molecule has 2 aliphatic rings. The molecule has 2 fully saturated rings. The summed E-state index contributed by atoms with van der Waals surface area (Å²) in [6, 6.07) is 16.3. The molecular formula is C24H28N2O3. The number of benzene rings is 2. The van der Waals surface area contributed by atoms with Crippen molar-refractivity contribution in [2.24, 2.45) is 0 Å². The molecule has 1 spiro atoms. The molecule has 2 saturated heterocycles. The van der Waals surface area contributed by atoms with Crippen molar-refractivity contribution in [1.82, 2.24) is 10.2 Å². The van der Waals surface area contributed by atoms with Crippen LogP contribution >= 0.6 is 0 Å². The van der Waals surface area contributed by atoms with Gasteiger partial charge in [0.05, 0.1) is 18.6 Å². The average Bonchev–Trinajstić information content (AvgIpc) is 2.91. The van der Waals surface area contributed by atoms with Gasteiger partial charge in [-0.25, -0.2) is 0 Å². The predicted octanol–water partition coefficient (Wildman–Crippen LogP) is 3.10. The molecule has 4 rings (SSSR count). The molecule has 2 amide bonds. The number of amides is 2. The number of aryl methyl sites for hydroxylation is 1. The van der Waals surface area contributed by atoms with Crippen molar-refractivity contribution in [3.05, 3.63) is 70.8 Å². The highest BCUT2D eigenvalue weighted by Gasteiger charge is 2.40. The van der Waals surface area contributed by atoms with E-state index in [4.69, 9.17) is 4.74 Å². The van der Waals surface area contributed by atoms with Crippen molar-refractivity contribution in [1.29, 1.82) is 0 Å². The normalized spacial score (nSPS) is 18.9. The van der Waals surface area contributed by atoms with Crippen LogP contribution in [0.1, 0.15) is 46.3 Å². The maximum absolute atomic E-state index is 13.3. The van der Waals surface area contributed by atoms with E-state index < -0.39 is 5.60 Å². The Bertz CT molecular complexity index is 883. The van der Waals surface area contributed by atoms with E-state index in [9.17, 15) is 9.59 Å². The number of nitrogens with one attached hydrogen (secondary N) is 1. The fourth-order valence-electron chi connectivity index (χ4n) is 4.28. The van der Waals surface area contributed by atoms with Crippen molar-refractivity contribution in [2.75, 3.05) is 26.2 Å². The first-order valence-electron chi connectivity index (χ1n) is 10.4. The van der Waals surface area contributed by atoms with Crippen LogP contribution in [0.25, 0.3) is 0 Å². The molecule has 0 atom stereocenters. The van der Waals surface area contributed by atoms with E-state index in [0.717, 1.165) is 17.5 Å². The van der Waals surface area contributed by atoms with Crippen LogP contribution in [0.2, 0.25) is 0 Å². The number of carbonyl (C=O) groups excluding carboxylic acids is 2. The van der Waals surface area contributed by atoms with Crippen molar-refractivity contribution in [3.8, 4) is 0 Å². The molecule has 0 aliphatic carbocycles. The lowest BCUT2D eigenvalue weighted by Gasteiger charge is -2.40. The van der Waals surface area contributed by atoms with E-state index >= 15 is 0 Å². The van der Waals surface area contributed by atoms with Crippen molar-refractivity contribution in [3.63, 3.8) is 0 Å². The zero-order valence-electron chi connectivity index (χ0n) is 16.9. The summed E-state index contributed by atoms with van der Waals surface area (Å²) in [4.78, 5) is 27.1. The third-order valence-electron chi connectivity index (χ3n) is 6.04. The van der Waals surface area contributed by atoms with E-state index in [2.05, 4.69) is 36.5 Å². The lowest BCUT2D eigenvalue weighted by molar-refractivity contribution is -0.127. The molecule has 2 heterocycles. The molecule has 0 aromatic heterocycles. The molecule has 2 aromatic rings. The Morgan fingerprint density at radius 1 is 1.10 bits per heavy atom. The van der Waals surface area contributed by atoms with Gasteiger partial charge in [-0.05, 0) is 43.4 Å². The molecule has 0 radical (unpaired) electrons. The lowest BCUT2D eigenvalue weighted by Crippen LogP contribution is -2.49. The minimum absolute atomic E-state index is 0.0470. The summed E-state index contributed by atoms with van der Waals surface area (Å²) < 4.78 is 6.03. The lowest BCUT2D eigenvalue weighted by atomic mass is 9.87. The van der Waals surface area contributed by atoms with Gasteiger partial charge >= 0.3 is 0 Å². The zero-order chi connectivity index (χ0) is 20.3. The Kier molecular flexibility index (Phi) is 5.67. The van der Waals surface area contributed by atoms with E-state index in [1.165, 1.54) is 11.1 Å². The van der Waals surface area contributed by atoms with Gasteiger partial charge in [-0.2, -0.15) is 0 Å². The van der Waals surface area contributed by atoms with Gasteiger partial charge in [0.25, 0.3) is 5.91 Å². The third-order valence-corrected chi connectivity index (χ3v) is 6.04. The highest BCUT2D eigenvalue weighted by Crippen LogP contribution is 2.32. The standard InChI is InChI=1S/C24H28N2O3/c1-18-6-8-19(9-7-18)16-20-4-2-3-5-21(20)23(28)26-13-10-24(11-14-26)17-22(27)25-12-15-29-24/h2-9H,10-17H2,1H3,(H,25,27). The highest BCUT2D eigenvalue weighted by molar-refractivity contribution is 5.96. The summed E-state index contributed by atoms with van der Waals surface area (Å²) in [6.07, 6.45) is 2.53. The maximum Gasteiger partial charge on any atom is 0.254 e. The smallest absolute Gasteiger partial charge is 0.254 e. The third kappa shape index (κ3) is 4.51. The summed E-state index contributed by atoms with van der Waals surface area (Å²) in [6.45, 7) is 4.41. The first-order valence-corrected chi connectivity index (χ1v) is 10.4. The van der Waals surface area contributed by atoms with E-state index in [1.54, 1.807) is 0 Å². The Labute approximate surface area is 172 Å². The van der Waals surface area contributed by atoms with Crippen molar-refractivity contribution >= 4 is 11.8 Å². The van der Waals surface area contributed by atoms with Gasteiger partial charge in [0, 0.05) is 25.2 Å². The van der Waals surface area contributed by atoms with Crippen LogP contribution < -0.4 is 5.32 Å². The number of likely N-dealkylation sites (tertiary alicyclic amines) is 1. The number of carbonyl (C=O) groups is 2. The van der Waals surface area contributed by atoms with Gasteiger partial charge in [0.1, 0.15) is 0 Å². The van der Waals surface area contributed by atoms with Crippen LogP contribution in [0.5, 0.6) is 0 Å². The Hall–Kier alpha value is -2.66. The van der Waals surface area contributed by atoms with Gasteiger partial charge in [-0.1, -0.05) is 48.0 Å². The number of piperidine rings is 1. The molecule has 1 N–H and O–H groups in total. The highest BCUT2D eigenvalue weighted by atomic mass is 16.5. The number of rotatable bonds is 3. The van der Waals surface area contributed by atoms with Gasteiger partial charge in [-0.3, -0.25) is 9.59 Å². The molecule has 0 bridgehead atoms. The fraction of sp³-hybridized carbons (Fsp3) is 0.417. The van der Waals surface area contributed by atoms with Crippen molar-refractivity contribution < 1.29 is 14.3 Å². The first-order chi connectivity index (χ1) is 14.0. The number of hydrogen-bond donors (Lipinski definition) is 1. The van der Waals surface area contributed by atoms with Crippen LogP contribution in [0.15, 0.2) is 48.5 Å². The molecule has 152 valence electrons. The molecule has 0 unspecified atom stereocenters. The largest absolute Gasteiger partial charge is 0.372 e. The SMILES string of the molecule is Cc1ccc(Cc2ccccc2C(=O)N2CCC3(CC2)CC(=O)NCCO3)cc1. The second kappa shape index (κ2) is 8.37. The minimum Gasteiger partial charge on any atom is -0.372 e. The monoisotopic (exact) mass is 392 g/mol. The van der Waals surface area contributed by atoms with Crippen molar-refractivity contribution in [2.45, 2.75) is 38.2 Å². The van der Waals surface area contributed by atoms with Crippen LogP contribution in [0.3, 0.4) is 0 Å². The Morgan fingerprint density at radius 3 is 2.59 bits per heavy atom. The maximum atomic E-state index is 13.3. The molecule has 29 heavy (non-hydrogen) atoms. The molecule has 5 heteroatoms. The minimum atomic E-state index is -0.418. The Balaban J connectivity index is 1.46. The van der Waals surface area contributed by atoms with Gasteiger partial charge in [-0.15, -0.1) is 0 Å². The second-order valence-corrected chi connectivity index (χ2v) is 8.17. The molecule has 2 aromatic carbocycles. The fourth-order valence-corrected chi connectivity index (χ4v) is 4.28. The molecule has 0 saturated carbocycles. The van der Waals surface area contributed by atoms with Crippen LogP contribution in [-0.2, 0) is 16.0 Å².